The molecule has 1 aliphatic rings. The number of esters is 1. The van der Waals surface area contributed by atoms with Crippen LogP contribution < -0.4 is 4.90 Å². The van der Waals surface area contributed by atoms with Gasteiger partial charge < -0.3 is 9.30 Å². The van der Waals surface area contributed by atoms with E-state index in [4.69, 9.17) is 21.3 Å². The molecule has 0 saturated heterocycles. The lowest BCUT2D eigenvalue weighted by atomic mass is 9.89. The van der Waals surface area contributed by atoms with Gasteiger partial charge in [-0.25, -0.2) is 4.98 Å². The molecule has 3 aromatic rings. The fourth-order valence-corrected chi connectivity index (χ4v) is 4.39. The Hall–Kier alpha value is -2.86. The van der Waals surface area contributed by atoms with Gasteiger partial charge in [-0.15, -0.1) is 0 Å². The van der Waals surface area contributed by atoms with E-state index in [2.05, 4.69) is 13.8 Å². The highest BCUT2D eigenvalue weighted by molar-refractivity contribution is 6.31. The minimum Gasteiger partial charge on any atom is -0.465 e. The fraction of sp³-hybridized carbons (Fsp3) is 0.375. The number of benzene rings is 2. The summed E-state index contributed by atoms with van der Waals surface area (Å²) in [5, 5.41) is 0.494. The second kappa shape index (κ2) is 8.71. The number of ether oxygens (including phenoxy) is 1. The SMILES string of the molecule is CCOC(=O)C1C(=O)N(CCC(C)C)c2nc3ccccc3n2C1c1ccccc1Cl. The van der Waals surface area contributed by atoms with Gasteiger partial charge in [0.15, 0.2) is 5.92 Å². The average molecular weight is 440 g/mol. The maximum atomic E-state index is 13.7. The molecule has 1 aliphatic heterocycles. The number of amides is 1. The van der Waals surface area contributed by atoms with Gasteiger partial charge in [0, 0.05) is 11.6 Å². The highest BCUT2D eigenvalue weighted by Gasteiger charge is 2.48. The highest BCUT2D eigenvalue weighted by Crippen LogP contribution is 2.43. The normalized spacial score (nSPS) is 18.5. The maximum absolute atomic E-state index is 13.7. The van der Waals surface area contributed by atoms with Crippen molar-refractivity contribution in [3.63, 3.8) is 0 Å². The lowest BCUT2D eigenvalue weighted by Crippen LogP contribution is -2.50. The van der Waals surface area contributed by atoms with Gasteiger partial charge in [0.2, 0.25) is 11.9 Å². The van der Waals surface area contributed by atoms with Crippen LogP contribution in [0.15, 0.2) is 48.5 Å². The van der Waals surface area contributed by atoms with Crippen LogP contribution in [-0.2, 0) is 14.3 Å². The quantitative estimate of drug-likeness (QED) is 0.406. The van der Waals surface area contributed by atoms with Crippen molar-refractivity contribution >= 4 is 40.5 Å². The smallest absolute Gasteiger partial charge is 0.321 e. The molecule has 0 fully saturated rings. The first-order chi connectivity index (χ1) is 14.9. The summed E-state index contributed by atoms with van der Waals surface area (Å²) in [5.41, 5.74) is 2.31. The summed E-state index contributed by atoms with van der Waals surface area (Å²) >= 11 is 6.57. The number of halogens is 1. The molecular formula is C24H26ClN3O3. The zero-order valence-corrected chi connectivity index (χ0v) is 18.7. The number of fused-ring (bicyclic) bond motifs is 3. The van der Waals surface area contributed by atoms with Crippen LogP contribution >= 0.6 is 11.6 Å². The third-order valence-electron chi connectivity index (χ3n) is 5.64. The van der Waals surface area contributed by atoms with Crippen LogP contribution in [0.25, 0.3) is 11.0 Å². The lowest BCUT2D eigenvalue weighted by Gasteiger charge is -2.38. The molecule has 6 nitrogen and oxygen atoms in total. The van der Waals surface area contributed by atoms with E-state index in [-0.39, 0.29) is 12.5 Å². The molecule has 2 aromatic carbocycles. The van der Waals surface area contributed by atoms with Crippen LogP contribution in [0.3, 0.4) is 0 Å². The van der Waals surface area contributed by atoms with Crippen molar-refractivity contribution in [3.8, 4) is 0 Å². The van der Waals surface area contributed by atoms with E-state index >= 15 is 0 Å². The van der Waals surface area contributed by atoms with Gasteiger partial charge in [-0.05, 0) is 43.0 Å². The Balaban J connectivity index is 1.98. The molecule has 0 bridgehead atoms. The van der Waals surface area contributed by atoms with Crippen molar-refractivity contribution in [3.05, 3.63) is 59.1 Å². The lowest BCUT2D eigenvalue weighted by molar-refractivity contribution is -0.153. The van der Waals surface area contributed by atoms with Crippen LogP contribution in [0.4, 0.5) is 5.95 Å². The fourth-order valence-electron chi connectivity index (χ4n) is 4.14. The van der Waals surface area contributed by atoms with Crippen LogP contribution in [0.2, 0.25) is 5.02 Å². The molecule has 2 heterocycles. The molecule has 2 atom stereocenters. The molecule has 162 valence electrons. The van der Waals surface area contributed by atoms with Crippen molar-refractivity contribution in [2.45, 2.75) is 33.2 Å². The summed E-state index contributed by atoms with van der Waals surface area (Å²) in [6.45, 7) is 6.62. The number of hydrogen-bond acceptors (Lipinski definition) is 4. The van der Waals surface area contributed by atoms with Gasteiger partial charge in [-0.2, -0.15) is 0 Å². The third kappa shape index (κ3) is 3.81. The molecule has 7 heteroatoms. The maximum Gasteiger partial charge on any atom is 0.321 e. The van der Waals surface area contributed by atoms with Crippen molar-refractivity contribution in [1.82, 2.24) is 9.55 Å². The van der Waals surface area contributed by atoms with Gasteiger partial charge in [0.1, 0.15) is 0 Å². The van der Waals surface area contributed by atoms with Gasteiger partial charge in [0.05, 0.1) is 23.7 Å². The highest BCUT2D eigenvalue weighted by atomic mass is 35.5. The van der Waals surface area contributed by atoms with Crippen LogP contribution in [0.1, 0.15) is 38.8 Å². The predicted molar refractivity (Wildman–Crippen MR) is 121 cm³/mol. The Labute approximate surface area is 186 Å². The standard InChI is InChI=1S/C24H26ClN3O3/c1-4-31-23(30)20-21(16-9-5-6-10-17(16)25)28-19-12-8-7-11-18(19)26-24(28)27(22(20)29)14-13-15(2)3/h5-12,15,20-21H,4,13-14H2,1-3H3. The van der Waals surface area contributed by atoms with E-state index in [1.165, 1.54) is 0 Å². The molecule has 0 aliphatic carbocycles. The number of hydrogen-bond donors (Lipinski definition) is 0. The first-order valence-electron chi connectivity index (χ1n) is 10.6. The summed E-state index contributed by atoms with van der Waals surface area (Å²) < 4.78 is 7.33. The molecule has 1 aromatic heterocycles. The second-order valence-corrected chi connectivity index (χ2v) is 8.55. The van der Waals surface area contributed by atoms with E-state index in [1.807, 2.05) is 47.0 Å². The average Bonchev–Trinajstić information content (AvgIpc) is 3.12. The van der Waals surface area contributed by atoms with E-state index in [1.54, 1.807) is 17.9 Å². The number of aromatic nitrogens is 2. The molecule has 0 saturated carbocycles. The molecule has 1 amide bonds. The largest absolute Gasteiger partial charge is 0.465 e. The Bertz CT molecular complexity index is 1120. The Kier molecular flexibility index (Phi) is 6.01. The first-order valence-corrected chi connectivity index (χ1v) is 11.0. The third-order valence-corrected chi connectivity index (χ3v) is 5.98. The van der Waals surface area contributed by atoms with Crippen molar-refractivity contribution in [2.75, 3.05) is 18.1 Å². The van der Waals surface area contributed by atoms with Gasteiger partial charge >= 0.3 is 5.97 Å². The number of imidazole rings is 1. The molecule has 2 unspecified atom stereocenters. The molecule has 4 rings (SSSR count). The Morgan fingerprint density at radius 3 is 2.58 bits per heavy atom. The number of nitrogens with zero attached hydrogens (tertiary/aromatic N) is 3. The molecule has 0 N–H and O–H groups in total. The number of rotatable bonds is 6. The topological polar surface area (TPSA) is 64.4 Å². The molecular weight excluding hydrogens is 414 g/mol. The van der Waals surface area contributed by atoms with E-state index in [0.29, 0.717) is 29.0 Å². The molecule has 0 radical (unpaired) electrons. The van der Waals surface area contributed by atoms with Crippen LogP contribution in [0.5, 0.6) is 0 Å². The minimum atomic E-state index is -1.04. The second-order valence-electron chi connectivity index (χ2n) is 8.14. The summed E-state index contributed by atoms with van der Waals surface area (Å²) in [7, 11) is 0. The van der Waals surface area contributed by atoms with E-state index in [9.17, 15) is 9.59 Å². The number of para-hydroxylation sites is 2. The number of carbonyl (C=O) groups is 2. The zero-order valence-electron chi connectivity index (χ0n) is 17.9. The van der Waals surface area contributed by atoms with Gasteiger partial charge in [0.25, 0.3) is 0 Å². The Morgan fingerprint density at radius 2 is 1.87 bits per heavy atom. The van der Waals surface area contributed by atoms with Gasteiger partial charge in [-0.1, -0.05) is 55.8 Å². The van der Waals surface area contributed by atoms with Crippen molar-refractivity contribution in [2.24, 2.45) is 11.8 Å². The molecule has 0 spiro atoms. The number of anilines is 1. The van der Waals surface area contributed by atoms with Crippen LogP contribution in [0, 0.1) is 11.8 Å². The number of carbonyl (C=O) groups excluding carboxylic acids is 2. The zero-order chi connectivity index (χ0) is 22.1. The van der Waals surface area contributed by atoms with Gasteiger partial charge in [-0.3, -0.25) is 14.5 Å². The summed E-state index contributed by atoms with van der Waals surface area (Å²) in [4.78, 5) is 33.2. The first kappa shape index (κ1) is 21.4. The van der Waals surface area contributed by atoms with Crippen molar-refractivity contribution in [1.29, 1.82) is 0 Å². The monoisotopic (exact) mass is 439 g/mol. The van der Waals surface area contributed by atoms with Crippen molar-refractivity contribution < 1.29 is 14.3 Å². The van der Waals surface area contributed by atoms with Crippen LogP contribution in [-0.4, -0.2) is 34.6 Å². The van der Waals surface area contributed by atoms with E-state index < -0.39 is 17.9 Å². The Morgan fingerprint density at radius 1 is 1.16 bits per heavy atom. The summed E-state index contributed by atoms with van der Waals surface area (Å²) in [6, 6.07) is 14.4. The van der Waals surface area contributed by atoms with E-state index in [0.717, 1.165) is 17.5 Å². The summed E-state index contributed by atoms with van der Waals surface area (Å²) in [6.07, 6.45) is 0.793. The molecule has 31 heavy (non-hydrogen) atoms. The predicted octanol–water partition coefficient (Wildman–Crippen LogP) is 4.85. The summed E-state index contributed by atoms with van der Waals surface area (Å²) in [5.74, 6) is -0.954. The minimum absolute atomic E-state index is 0.196.